The second-order valence-electron chi connectivity index (χ2n) is 13.3. The first-order valence-electron chi connectivity index (χ1n) is 17.7. The van der Waals surface area contributed by atoms with E-state index < -0.39 is 30.3 Å². The molecule has 0 saturated carbocycles. The van der Waals surface area contributed by atoms with Gasteiger partial charge in [-0.15, -0.1) is 0 Å². The molecule has 7 atom stereocenters. The molecular weight excluding hydrogens is 680 g/mol. The standard InChI is InChI=1S/C42H42O11/c1-44-34-16-27(17-35(45-2)41(34)46-3)38-28-18-32-33(51-24-50-32)19-29(28)40(30-22-49-42(43)39(30)38)53-37-15-14-31(48-21-26-12-8-5-9-13-26)36(52-37)23-47-20-25-10-6-4-7-11-25/h4-19,30-31,36-40H,20-24H2,1-3H3/t30-,31-,36+,37+,38+,39-,40-/m0/s1. The fourth-order valence-electron chi connectivity index (χ4n) is 7.74. The zero-order chi connectivity index (χ0) is 36.3. The van der Waals surface area contributed by atoms with Crippen molar-refractivity contribution >= 4 is 5.97 Å². The number of ether oxygens (including phenoxy) is 10. The van der Waals surface area contributed by atoms with E-state index in [1.807, 2.05) is 97.1 Å². The van der Waals surface area contributed by atoms with E-state index in [1.165, 1.54) is 0 Å². The lowest BCUT2D eigenvalue weighted by Gasteiger charge is -2.41. The quantitative estimate of drug-likeness (QED) is 0.111. The van der Waals surface area contributed by atoms with Gasteiger partial charge in [0.2, 0.25) is 12.5 Å². The SMILES string of the molecule is COc1cc([C@@H]2c3cc4c(cc3[C@H](O[C@@H]3C=C[C@H](OCc5ccccc5)[C@@H](COCc5ccccc5)O3)[C@H]3COC(=O)[C@H]23)OCO4)cc(OC)c1OC. The summed E-state index contributed by atoms with van der Waals surface area (Å²) in [6, 6.07) is 27.7. The first-order valence-corrected chi connectivity index (χ1v) is 17.7. The summed E-state index contributed by atoms with van der Waals surface area (Å²) < 4.78 is 60.5. The highest BCUT2D eigenvalue weighted by Crippen LogP contribution is 2.57. The summed E-state index contributed by atoms with van der Waals surface area (Å²) in [4.78, 5) is 13.7. The number of carbonyl (C=O) groups excluding carboxylic acids is 1. The van der Waals surface area contributed by atoms with Crippen LogP contribution in [0.25, 0.3) is 0 Å². The third-order valence-electron chi connectivity index (χ3n) is 10.3. The molecule has 0 radical (unpaired) electrons. The van der Waals surface area contributed by atoms with Crippen LogP contribution in [0, 0.1) is 11.8 Å². The second-order valence-corrected chi connectivity index (χ2v) is 13.3. The first-order chi connectivity index (χ1) is 26.0. The summed E-state index contributed by atoms with van der Waals surface area (Å²) in [5, 5.41) is 0. The summed E-state index contributed by atoms with van der Waals surface area (Å²) in [5.41, 5.74) is 4.61. The van der Waals surface area contributed by atoms with Crippen LogP contribution in [-0.4, -0.2) is 65.8 Å². The minimum Gasteiger partial charge on any atom is -0.493 e. The van der Waals surface area contributed by atoms with Gasteiger partial charge in [0, 0.05) is 11.8 Å². The van der Waals surface area contributed by atoms with Crippen molar-refractivity contribution in [2.75, 3.05) is 41.3 Å². The van der Waals surface area contributed by atoms with Crippen LogP contribution in [0.5, 0.6) is 28.7 Å². The predicted octanol–water partition coefficient (Wildman–Crippen LogP) is 6.52. The normalized spacial score (nSPS) is 25.3. The zero-order valence-electron chi connectivity index (χ0n) is 29.8. The molecule has 53 heavy (non-hydrogen) atoms. The molecule has 0 spiro atoms. The van der Waals surface area contributed by atoms with Gasteiger partial charge in [0.05, 0.1) is 59.8 Å². The molecule has 3 heterocycles. The van der Waals surface area contributed by atoms with Gasteiger partial charge in [0.15, 0.2) is 29.3 Å². The molecule has 276 valence electrons. The smallest absolute Gasteiger partial charge is 0.310 e. The predicted molar refractivity (Wildman–Crippen MR) is 191 cm³/mol. The number of esters is 1. The molecular formula is C42H42O11. The lowest BCUT2D eigenvalue weighted by molar-refractivity contribution is -0.221. The molecule has 11 nitrogen and oxygen atoms in total. The highest BCUT2D eigenvalue weighted by atomic mass is 16.7. The number of benzene rings is 4. The van der Waals surface area contributed by atoms with Gasteiger partial charge in [0.25, 0.3) is 0 Å². The maximum absolute atomic E-state index is 13.7. The molecule has 4 aromatic rings. The fourth-order valence-corrected chi connectivity index (χ4v) is 7.74. The van der Waals surface area contributed by atoms with Crippen LogP contribution in [0.2, 0.25) is 0 Å². The Bertz CT molecular complexity index is 1910. The van der Waals surface area contributed by atoms with Crippen LogP contribution >= 0.6 is 0 Å². The molecule has 4 aromatic carbocycles. The maximum Gasteiger partial charge on any atom is 0.310 e. The number of hydrogen-bond acceptors (Lipinski definition) is 11. The summed E-state index contributed by atoms with van der Waals surface area (Å²) in [5.74, 6) is 0.928. The van der Waals surface area contributed by atoms with Crippen LogP contribution in [-0.2, 0) is 41.7 Å². The Morgan fingerprint density at radius 2 is 1.40 bits per heavy atom. The van der Waals surface area contributed by atoms with E-state index in [0.717, 1.165) is 27.8 Å². The minimum atomic E-state index is -0.769. The number of rotatable bonds is 13. The Balaban J connectivity index is 1.11. The molecule has 0 unspecified atom stereocenters. The topological polar surface area (TPSA) is 109 Å². The molecule has 11 heteroatoms. The van der Waals surface area contributed by atoms with E-state index in [2.05, 4.69) is 0 Å². The molecule has 1 aliphatic carbocycles. The molecule has 0 bridgehead atoms. The fraction of sp³-hybridized carbons (Fsp3) is 0.357. The Morgan fingerprint density at radius 3 is 2.06 bits per heavy atom. The van der Waals surface area contributed by atoms with E-state index >= 15 is 0 Å². The van der Waals surface area contributed by atoms with E-state index in [4.69, 9.17) is 47.4 Å². The van der Waals surface area contributed by atoms with Gasteiger partial charge in [-0.05, 0) is 58.2 Å². The van der Waals surface area contributed by atoms with Crippen LogP contribution in [0.1, 0.15) is 39.8 Å². The Hall–Kier alpha value is -5.07. The van der Waals surface area contributed by atoms with Crippen molar-refractivity contribution in [3.8, 4) is 28.7 Å². The lowest BCUT2D eigenvalue weighted by atomic mass is 9.66. The lowest BCUT2D eigenvalue weighted by Crippen LogP contribution is -2.43. The van der Waals surface area contributed by atoms with E-state index in [1.54, 1.807) is 21.3 Å². The molecule has 8 rings (SSSR count). The van der Waals surface area contributed by atoms with Gasteiger partial charge in [-0.3, -0.25) is 4.79 Å². The van der Waals surface area contributed by atoms with Gasteiger partial charge in [-0.2, -0.15) is 0 Å². The van der Waals surface area contributed by atoms with Crippen molar-refractivity contribution in [1.29, 1.82) is 0 Å². The van der Waals surface area contributed by atoms with Gasteiger partial charge in [-0.25, -0.2) is 0 Å². The number of fused-ring (bicyclic) bond motifs is 3. The summed E-state index contributed by atoms with van der Waals surface area (Å²) in [7, 11) is 4.70. The van der Waals surface area contributed by atoms with Crippen LogP contribution in [0.4, 0.5) is 0 Å². The van der Waals surface area contributed by atoms with Crippen molar-refractivity contribution in [1.82, 2.24) is 0 Å². The van der Waals surface area contributed by atoms with E-state index in [-0.39, 0.29) is 38.0 Å². The summed E-state index contributed by atoms with van der Waals surface area (Å²) >= 11 is 0. The van der Waals surface area contributed by atoms with Crippen molar-refractivity contribution in [2.45, 2.75) is 43.7 Å². The molecule has 0 amide bonds. The molecule has 3 aliphatic heterocycles. The van der Waals surface area contributed by atoms with Gasteiger partial charge >= 0.3 is 5.97 Å². The third kappa shape index (κ3) is 7.05. The van der Waals surface area contributed by atoms with Crippen LogP contribution < -0.4 is 23.7 Å². The number of methoxy groups -OCH3 is 3. The Labute approximate surface area is 308 Å². The van der Waals surface area contributed by atoms with Crippen molar-refractivity contribution in [2.24, 2.45) is 11.8 Å². The molecule has 1 saturated heterocycles. The molecule has 0 N–H and O–H groups in total. The summed E-state index contributed by atoms with van der Waals surface area (Å²) in [6.07, 6.45) is 1.64. The van der Waals surface area contributed by atoms with Crippen molar-refractivity contribution in [3.63, 3.8) is 0 Å². The third-order valence-corrected chi connectivity index (χ3v) is 10.3. The number of hydrogen-bond donors (Lipinski definition) is 0. The Kier molecular flexibility index (Phi) is 10.2. The molecule has 0 aromatic heterocycles. The van der Waals surface area contributed by atoms with Crippen LogP contribution in [0.3, 0.4) is 0 Å². The average molecular weight is 723 g/mol. The van der Waals surface area contributed by atoms with Crippen molar-refractivity contribution in [3.05, 3.63) is 125 Å². The van der Waals surface area contributed by atoms with Gasteiger partial charge in [0.1, 0.15) is 12.2 Å². The van der Waals surface area contributed by atoms with Gasteiger partial charge in [-0.1, -0.05) is 66.7 Å². The monoisotopic (exact) mass is 722 g/mol. The molecule has 4 aliphatic rings. The largest absolute Gasteiger partial charge is 0.493 e. The number of carbonyl (C=O) groups is 1. The second kappa shape index (κ2) is 15.5. The van der Waals surface area contributed by atoms with Gasteiger partial charge < -0.3 is 47.4 Å². The highest BCUT2D eigenvalue weighted by Gasteiger charge is 2.54. The summed E-state index contributed by atoms with van der Waals surface area (Å²) in [6.45, 7) is 1.38. The average Bonchev–Trinajstić information content (AvgIpc) is 3.83. The van der Waals surface area contributed by atoms with E-state index in [9.17, 15) is 4.79 Å². The van der Waals surface area contributed by atoms with Crippen LogP contribution in [0.15, 0.2) is 97.1 Å². The maximum atomic E-state index is 13.7. The Morgan fingerprint density at radius 1 is 0.736 bits per heavy atom. The highest BCUT2D eigenvalue weighted by molar-refractivity contribution is 5.79. The van der Waals surface area contributed by atoms with Crippen molar-refractivity contribution < 1.29 is 52.2 Å². The zero-order valence-corrected chi connectivity index (χ0v) is 29.8. The van der Waals surface area contributed by atoms with E-state index in [0.29, 0.717) is 42.0 Å². The molecule has 1 fully saturated rings. The first kappa shape index (κ1) is 35.0. The number of cyclic esters (lactones) is 1. The minimum absolute atomic E-state index is 0.0942.